The van der Waals surface area contributed by atoms with Crippen LogP contribution in [0.1, 0.15) is 32.5 Å². The molecule has 1 aliphatic heterocycles. The molecule has 0 radical (unpaired) electrons. The van der Waals surface area contributed by atoms with Crippen molar-refractivity contribution in [2.45, 2.75) is 19.4 Å². The molecule has 2 heterocycles. The Balaban J connectivity index is 1.37. The molecule has 2 N–H and O–H groups in total. The van der Waals surface area contributed by atoms with Gasteiger partial charge in [-0.05, 0) is 60.7 Å². The monoisotopic (exact) mass is 419 g/mol. The zero-order valence-electron chi connectivity index (χ0n) is 16.4. The second-order valence-electron chi connectivity index (χ2n) is 7.07. The Hall–Kier alpha value is -3.45. The normalized spacial score (nSPS) is 13.4. The molecule has 1 unspecified atom stereocenters. The van der Waals surface area contributed by atoms with Gasteiger partial charge in [0, 0.05) is 23.5 Å². The summed E-state index contributed by atoms with van der Waals surface area (Å²) in [7, 11) is 0. The number of thiophene rings is 1. The van der Waals surface area contributed by atoms with Crippen molar-refractivity contribution in [3.63, 3.8) is 0 Å². The van der Waals surface area contributed by atoms with Crippen LogP contribution in [-0.4, -0.2) is 30.3 Å². The lowest BCUT2D eigenvalue weighted by Crippen LogP contribution is -2.41. The fourth-order valence-electron chi connectivity index (χ4n) is 3.39. The maximum Gasteiger partial charge on any atom is 0.261 e. The van der Waals surface area contributed by atoms with E-state index in [0.717, 1.165) is 12.1 Å². The summed E-state index contributed by atoms with van der Waals surface area (Å²) < 4.78 is 0. The van der Waals surface area contributed by atoms with Gasteiger partial charge in [-0.25, -0.2) is 0 Å². The van der Waals surface area contributed by atoms with E-state index in [1.807, 2.05) is 29.6 Å². The van der Waals surface area contributed by atoms with E-state index in [9.17, 15) is 14.4 Å². The van der Waals surface area contributed by atoms with E-state index < -0.39 is 6.04 Å². The van der Waals surface area contributed by atoms with E-state index in [1.54, 1.807) is 48.2 Å². The van der Waals surface area contributed by atoms with Gasteiger partial charge in [-0.1, -0.05) is 24.3 Å². The van der Waals surface area contributed by atoms with Crippen LogP contribution in [-0.2, 0) is 11.2 Å². The lowest BCUT2D eigenvalue weighted by molar-refractivity contribution is -0.117. The molecule has 0 spiro atoms. The number of amides is 3. The molecule has 1 atom stereocenters. The summed E-state index contributed by atoms with van der Waals surface area (Å²) in [6.45, 7) is 2.29. The highest BCUT2D eigenvalue weighted by Crippen LogP contribution is 2.29. The summed E-state index contributed by atoms with van der Waals surface area (Å²) in [5.74, 6) is -0.665. The Morgan fingerprint density at radius 1 is 1.00 bits per heavy atom. The SMILES string of the molecule is CC(NC(=O)c1cccs1)C(=O)Nc1ccc(C(=O)N2CCc3ccccc32)cc1. The minimum atomic E-state index is -0.693. The fraction of sp³-hybridized carbons (Fsp3) is 0.174. The summed E-state index contributed by atoms with van der Waals surface area (Å²) in [4.78, 5) is 39.7. The molecule has 7 heteroatoms. The number of hydrogen-bond acceptors (Lipinski definition) is 4. The topological polar surface area (TPSA) is 78.5 Å². The highest BCUT2D eigenvalue weighted by Gasteiger charge is 2.25. The van der Waals surface area contributed by atoms with E-state index in [1.165, 1.54) is 16.9 Å². The number of benzene rings is 2. The molecule has 0 aliphatic carbocycles. The molecule has 3 amide bonds. The van der Waals surface area contributed by atoms with E-state index in [4.69, 9.17) is 0 Å². The largest absolute Gasteiger partial charge is 0.340 e. The third kappa shape index (κ3) is 4.11. The van der Waals surface area contributed by atoms with Gasteiger partial charge in [0.15, 0.2) is 0 Å². The molecule has 0 saturated carbocycles. The Kier molecular flexibility index (Phi) is 5.63. The van der Waals surface area contributed by atoms with Crippen LogP contribution in [0.25, 0.3) is 0 Å². The van der Waals surface area contributed by atoms with Crippen molar-refractivity contribution in [2.75, 3.05) is 16.8 Å². The smallest absolute Gasteiger partial charge is 0.261 e. The Morgan fingerprint density at radius 3 is 2.50 bits per heavy atom. The lowest BCUT2D eigenvalue weighted by atomic mass is 10.1. The molecule has 152 valence electrons. The van der Waals surface area contributed by atoms with E-state index in [0.29, 0.717) is 22.7 Å². The van der Waals surface area contributed by atoms with Crippen LogP contribution in [0, 0.1) is 0 Å². The van der Waals surface area contributed by atoms with Crippen molar-refractivity contribution in [3.8, 4) is 0 Å². The molecule has 30 heavy (non-hydrogen) atoms. The van der Waals surface area contributed by atoms with Crippen LogP contribution in [0.2, 0.25) is 0 Å². The van der Waals surface area contributed by atoms with E-state index in [-0.39, 0.29) is 17.7 Å². The number of rotatable bonds is 5. The number of carbonyl (C=O) groups is 3. The third-order valence-corrected chi connectivity index (χ3v) is 5.89. The average molecular weight is 420 g/mol. The number of carbonyl (C=O) groups excluding carboxylic acids is 3. The Labute approximate surface area is 178 Å². The number of fused-ring (bicyclic) bond motifs is 1. The first-order valence-electron chi connectivity index (χ1n) is 9.68. The number of nitrogens with zero attached hydrogens (tertiary/aromatic N) is 1. The van der Waals surface area contributed by atoms with Crippen LogP contribution < -0.4 is 15.5 Å². The first-order chi connectivity index (χ1) is 14.5. The summed E-state index contributed by atoms with van der Waals surface area (Å²) in [6, 6.07) is 17.5. The predicted molar refractivity (Wildman–Crippen MR) is 118 cm³/mol. The number of nitrogens with one attached hydrogen (secondary N) is 2. The molecule has 4 rings (SSSR count). The van der Waals surface area contributed by atoms with Gasteiger partial charge in [-0.3, -0.25) is 14.4 Å². The quantitative estimate of drug-likeness (QED) is 0.662. The van der Waals surface area contributed by atoms with Crippen LogP contribution in [0.15, 0.2) is 66.0 Å². The van der Waals surface area contributed by atoms with Gasteiger partial charge < -0.3 is 15.5 Å². The Bertz CT molecular complexity index is 1080. The van der Waals surface area contributed by atoms with Gasteiger partial charge in [-0.15, -0.1) is 11.3 Å². The highest BCUT2D eigenvalue weighted by atomic mass is 32.1. The number of para-hydroxylation sites is 1. The van der Waals surface area contributed by atoms with E-state index >= 15 is 0 Å². The molecular formula is C23H21N3O3S. The van der Waals surface area contributed by atoms with Crippen LogP contribution >= 0.6 is 11.3 Å². The van der Waals surface area contributed by atoms with Crippen LogP contribution in [0.3, 0.4) is 0 Å². The van der Waals surface area contributed by atoms with Crippen LogP contribution in [0.4, 0.5) is 11.4 Å². The first-order valence-corrected chi connectivity index (χ1v) is 10.6. The van der Waals surface area contributed by atoms with Crippen LogP contribution in [0.5, 0.6) is 0 Å². The summed E-state index contributed by atoms with van der Waals surface area (Å²) >= 11 is 1.32. The molecule has 6 nitrogen and oxygen atoms in total. The molecule has 0 fully saturated rings. The summed E-state index contributed by atoms with van der Waals surface area (Å²) in [5, 5.41) is 7.25. The van der Waals surface area contributed by atoms with Crippen molar-refractivity contribution < 1.29 is 14.4 Å². The lowest BCUT2D eigenvalue weighted by Gasteiger charge is -2.18. The molecule has 1 aromatic heterocycles. The van der Waals surface area contributed by atoms with Gasteiger partial charge in [0.25, 0.3) is 11.8 Å². The van der Waals surface area contributed by atoms with Crippen molar-refractivity contribution >= 4 is 40.4 Å². The van der Waals surface area contributed by atoms with Gasteiger partial charge in [0.05, 0.1) is 4.88 Å². The standard InChI is InChI=1S/C23H21N3O3S/c1-15(24-22(28)20-7-4-14-30-20)21(27)25-18-10-8-17(9-11-18)23(29)26-13-12-16-5-2-3-6-19(16)26/h2-11,14-15H,12-13H2,1H3,(H,24,28)(H,25,27). The second-order valence-corrected chi connectivity index (χ2v) is 8.02. The second kappa shape index (κ2) is 8.51. The summed E-state index contributed by atoms with van der Waals surface area (Å²) in [5.41, 5.74) is 3.25. The number of hydrogen-bond donors (Lipinski definition) is 2. The minimum absolute atomic E-state index is 0.0607. The zero-order valence-corrected chi connectivity index (χ0v) is 17.2. The minimum Gasteiger partial charge on any atom is -0.340 e. The molecule has 1 aliphatic rings. The average Bonchev–Trinajstić information content (AvgIpc) is 3.44. The van der Waals surface area contributed by atoms with Crippen molar-refractivity contribution in [1.82, 2.24) is 5.32 Å². The van der Waals surface area contributed by atoms with Crippen molar-refractivity contribution in [1.29, 1.82) is 0 Å². The first kappa shape index (κ1) is 19.8. The Morgan fingerprint density at radius 2 is 1.77 bits per heavy atom. The summed E-state index contributed by atoms with van der Waals surface area (Å²) in [6.07, 6.45) is 0.852. The zero-order chi connectivity index (χ0) is 21.1. The van der Waals surface area contributed by atoms with Gasteiger partial charge in [0.2, 0.25) is 5.91 Å². The molecule has 0 bridgehead atoms. The van der Waals surface area contributed by atoms with Crippen molar-refractivity contribution in [3.05, 3.63) is 82.0 Å². The van der Waals surface area contributed by atoms with Gasteiger partial charge in [-0.2, -0.15) is 0 Å². The highest BCUT2D eigenvalue weighted by molar-refractivity contribution is 7.12. The maximum absolute atomic E-state index is 12.9. The molecule has 2 aromatic carbocycles. The number of anilines is 2. The fourth-order valence-corrected chi connectivity index (χ4v) is 4.02. The molecular weight excluding hydrogens is 398 g/mol. The maximum atomic E-state index is 12.9. The predicted octanol–water partition coefficient (Wildman–Crippen LogP) is 3.71. The molecule has 3 aromatic rings. The van der Waals surface area contributed by atoms with Gasteiger partial charge in [0.1, 0.15) is 6.04 Å². The van der Waals surface area contributed by atoms with Gasteiger partial charge >= 0.3 is 0 Å². The van der Waals surface area contributed by atoms with Crippen molar-refractivity contribution in [2.24, 2.45) is 0 Å². The third-order valence-electron chi connectivity index (χ3n) is 5.02. The van der Waals surface area contributed by atoms with E-state index in [2.05, 4.69) is 10.6 Å². The molecule has 0 saturated heterocycles.